The zero-order chi connectivity index (χ0) is 15.0. The maximum absolute atomic E-state index is 11.3. The minimum absolute atomic E-state index is 0.0581. The van der Waals surface area contributed by atoms with Gasteiger partial charge in [-0.15, -0.1) is 11.3 Å². The summed E-state index contributed by atoms with van der Waals surface area (Å²) in [5.74, 6) is -0.777. The van der Waals surface area contributed by atoms with E-state index in [2.05, 4.69) is 22.0 Å². The Kier molecular flexibility index (Phi) is 4.03. The van der Waals surface area contributed by atoms with Gasteiger partial charge in [0, 0.05) is 40.7 Å². The van der Waals surface area contributed by atoms with Crippen LogP contribution in [0, 0.1) is 0 Å². The van der Waals surface area contributed by atoms with Crippen LogP contribution in [-0.2, 0) is 11.8 Å². The van der Waals surface area contributed by atoms with Gasteiger partial charge in [0.1, 0.15) is 6.04 Å². The van der Waals surface area contributed by atoms with E-state index in [9.17, 15) is 9.90 Å². The minimum atomic E-state index is -0.777. The number of carboxylic acids is 1. The summed E-state index contributed by atoms with van der Waals surface area (Å²) in [6, 6.07) is 3.72. The van der Waals surface area contributed by atoms with E-state index in [0.29, 0.717) is 6.42 Å². The standard InChI is InChI=1S/C13H16N4O2S2/c1-16-7-8(6-14-16)11-3-4-12(20-11)9-5-10(13(18)19)17(2)21-15-9/h3-4,6-7,9-10,15H,5H2,1-2H3,(H,18,19). The van der Waals surface area contributed by atoms with Gasteiger partial charge in [-0.25, -0.2) is 9.03 Å². The molecule has 0 bridgehead atoms. The molecule has 2 aromatic rings. The molecule has 0 amide bonds. The normalized spacial score (nSPS) is 23.3. The summed E-state index contributed by atoms with van der Waals surface area (Å²) in [5, 5.41) is 13.4. The molecule has 1 saturated heterocycles. The first-order valence-corrected chi connectivity index (χ1v) is 8.10. The van der Waals surface area contributed by atoms with E-state index in [4.69, 9.17) is 0 Å². The molecule has 6 nitrogen and oxygen atoms in total. The molecule has 0 radical (unpaired) electrons. The van der Waals surface area contributed by atoms with Crippen LogP contribution in [0.5, 0.6) is 0 Å². The third-order valence-corrected chi connectivity index (χ3v) is 5.66. The molecule has 112 valence electrons. The largest absolute Gasteiger partial charge is 0.480 e. The number of carboxylic acid groups (broad SMARTS) is 1. The molecule has 8 heteroatoms. The van der Waals surface area contributed by atoms with Gasteiger partial charge in [0.2, 0.25) is 0 Å². The molecule has 3 heterocycles. The number of aliphatic carboxylic acids is 1. The highest BCUT2D eigenvalue weighted by Gasteiger charge is 2.33. The van der Waals surface area contributed by atoms with Crippen LogP contribution in [0.4, 0.5) is 0 Å². The Balaban J connectivity index is 1.78. The van der Waals surface area contributed by atoms with Crippen molar-refractivity contribution < 1.29 is 9.90 Å². The summed E-state index contributed by atoms with van der Waals surface area (Å²) < 4.78 is 6.83. The molecular weight excluding hydrogens is 308 g/mol. The Hall–Kier alpha value is -1.35. The molecule has 2 unspecified atom stereocenters. The number of rotatable bonds is 3. The van der Waals surface area contributed by atoms with Crippen molar-refractivity contribution in [2.45, 2.75) is 18.5 Å². The molecule has 1 aliphatic rings. The van der Waals surface area contributed by atoms with Crippen molar-refractivity contribution >= 4 is 29.4 Å². The fraction of sp³-hybridized carbons (Fsp3) is 0.385. The van der Waals surface area contributed by atoms with Crippen molar-refractivity contribution in [3.63, 3.8) is 0 Å². The van der Waals surface area contributed by atoms with Crippen molar-refractivity contribution in [3.05, 3.63) is 29.4 Å². The van der Waals surface area contributed by atoms with Crippen LogP contribution >= 0.6 is 23.5 Å². The fourth-order valence-electron chi connectivity index (χ4n) is 2.30. The lowest BCUT2D eigenvalue weighted by atomic mass is 10.1. The second kappa shape index (κ2) is 5.80. The third kappa shape index (κ3) is 2.98. The van der Waals surface area contributed by atoms with Gasteiger partial charge < -0.3 is 5.11 Å². The van der Waals surface area contributed by atoms with Crippen LogP contribution in [0.25, 0.3) is 10.4 Å². The highest BCUT2D eigenvalue weighted by molar-refractivity contribution is 7.95. The van der Waals surface area contributed by atoms with E-state index in [0.717, 1.165) is 15.3 Å². The maximum atomic E-state index is 11.3. The molecule has 2 N–H and O–H groups in total. The Morgan fingerprint density at radius 3 is 2.95 bits per heavy atom. The van der Waals surface area contributed by atoms with Crippen molar-refractivity contribution in [2.75, 3.05) is 7.05 Å². The first-order valence-electron chi connectivity index (χ1n) is 6.51. The first-order chi connectivity index (χ1) is 10.0. The highest BCUT2D eigenvalue weighted by atomic mass is 32.2. The molecule has 2 atom stereocenters. The summed E-state index contributed by atoms with van der Waals surface area (Å²) in [4.78, 5) is 13.6. The summed E-state index contributed by atoms with van der Waals surface area (Å²) >= 11 is 3.04. The lowest BCUT2D eigenvalue weighted by Gasteiger charge is -2.33. The van der Waals surface area contributed by atoms with E-state index < -0.39 is 12.0 Å². The quantitative estimate of drug-likeness (QED) is 0.843. The number of aryl methyl sites for hydroxylation is 1. The average molecular weight is 324 g/mol. The van der Waals surface area contributed by atoms with Crippen LogP contribution in [-0.4, -0.2) is 38.3 Å². The van der Waals surface area contributed by atoms with E-state index in [1.165, 1.54) is 12.1 Å². The van der Waals surface area contributed by atoms with Gasteiger partial charge in [0.25, 0.3) is 0 Å². The van der Waals surface area contributed by atoms with Crippen LogP contribution in [0.15, 0.2) is 24.5 Å². The number of carbonyl (C=O) groups is 1. The van der Waals surface area contributed by atoms with Crippen molar-refractivity contribution in [1.29, 1.82) is 0 Å². The zero-order valence-corrected chi connectivity index (χ0v) is 13.3. The van der Waals surface area contributed by atoms with E-state index in [1.54, 1.807) is 27.4 Å². The molecule has 1 aliphatic heterocycles. The van der Waals surface area contributed by atoms with E-state index in [-0.39, 0.29) is 6.04 Å². The van der Waals surface area contributed by atoms with E-state index >= 15 is 0 Å². The van der Waals surface area contributed by atoms with Crippen LogP contribution in [0.1, 0.15) is 17.3 Å². The van der Waals surface area contributed by atoms with Gasteiger partial charge >= 0.3 is 5.97 Å². The Labute approximate surface area is 131 Å². The molecule has 0 spiro atoms. The van der Waals surface area contributed by atoms with Crippen LogP contribution in [0.2, 0.25) is 0 Å². The van der Waals surface area contributed by atoms with Gasteiger partial charge in [-0.1, -0.05) is 0 Å². The molecule has 1 fully saturated rings. The lowest BCUT2D eigenvalue weighted by Crippen LogP contribution is -2.43. The number of hydrogen-bond donors (Lipinski definition) is 2. The molecule has 0 aromatic carbocycles. The number of nitrogens with zero attached hydrogens (tertiary/aromatic N) is 3. The summed E-state index contributed by atoms with van der Waals surface area (Å²) in [7, 11) is 3.69. The van der Waals surface area contributed by atoms with Gasteiger partial charge in [0.05, 0.1) is 12.2 Å². The number of aromatic nitrogens is 2. The van der Waals surface area contributed by atoms with Gasteiger partial charge in [-0.05, 0) is 25.6 Å². The highest BCUT2D eigenvalue weighted by Crippen LogP contribution is 2.37. The van der Waals surface area contributed by atoms with Gasteiger partial charge in [0.15, 0.2) is 0 Å². The molecular formula is C13H16N4O2S2. The zero-order valence-electron chi connectivity index (χ0n) is 11.7. The summed E-state index contributed by atoms with van der Waals surface area (Å²) in [6.07, 6.45) is 4.38. The van der Waals surface area contributed by atoms with E-state index in [1.807, 2.05) is 19.4 Å². The summed E-state index contributed by atoms with van der Waals surface area (Å²) in [6.45, 7) is 0. The predicted molar refractivity (Wildman–Crippen MR) is 83.8 cm³/mol. The molecule has 0 aliphatic carbocycles. The molecule has 3 rings (SSSR count). The van der Waals surface area contributed by atoms with Crippen LogP contribution in [0.3, 0.4) is 0 Å². The fourth-order valence-corrected chi connectivity index (χ4v) is 4.25. The first kappa shape index (κ1) is 14.6. The average Bonchev–Trinajstić information content (AvgIpc) is 3.07. The summed E-state index contributed by atoms with van der Waals surface area (Å²) in [5.41, 5.74) is 1.09. The SMILES string of the molecule is CN1SNC(c2ccc(-c3cnn(C)c3)s2)CC1C(=O)O. The number of thiophene rings is 1. The van der Waals surface area contributed by atoms with Crippen molar-refractivity contribution in [1.82, 2.24) is 18.8 Å². The predicted octanol–water partition coefficient (Wildman–Crippen LogP) is 2.13. The van der Waals surface area contributed by atoms with Crippen molar-refractivity contribution in [2.24, 2.45) is 7.05 Å². The van der Waals surface area contributed by atoms with Crippen molar-refractivity contribution in [3.8, 4) is 10.4 Å². The lowest BCUT2D eigenvalue weighted by molar-refractivity contribution is -0.141. The Bertz CT molecular complexity index is 654. The maximum Gasteiger partial charge on any atom is 0.321 e. The second-order valence-corrected chi connectivity index (χ2v) is 7.11. The van der Waals surface area contributed by atoms with Gasteiger partial charge in [-0.3, -0.25) is 9.48 Å². The number of hydrogen-bond acceptors (Lipinski definition) is 6. The minimum Gasteiger partial charge on any atom is -0.480 e. The third-order valence-electron chi connectivity index (χ3n) is 3.48. The number of likely N-dealkylation sites (N-methyl/N-ethyl adjacent to an activating group) is 1. The van der Waals surface area contributed by atoms with Crippen LogP contribution < -0.4 is 4.72 Å². The molecule has 21 heavy (non-hydrogen) atoms. The number of nitrogens with one attached hydrogen (secondary N) is 1. The van der Waals surface area contributed by atoms with Gasteiger partial charge in [-0.2, -0.15) is 5.10 Å². The topological polar surface area (TPSA) is 70.4 Å². The second-order valence-electron chi connectivity index (χ2n) is 5.00. The monoisotopic (exact) mass is 324 g/mol. The Morgan fingerprint density at radius 2 is 2.29 bits per heavy atom. The smallest absolute Gasteiger partial charge is 0.321 e. The Morgan fingerprint density at radius 1 is 1.48 bits per heavy atom. The molecule has 2 aromatic heterocycles. The molecule has 0 saturated carbocycles.